The quantitative estimate of drug-likeness (QED) is 0.914. The van der Waals surface area contributed by atoms with Gasteiger partial charge in [0.05, 0.1) is 15.2 Å². The van der Waals surface area contributed by atoms with Crippen molar-refractivity contribution in [3.05, 3.63) is 28.8 Å². The average Bonchev–Trinajstić information content (AvgIpc) is 3.23. The van der Waals surface area contributed by atoms with E-state index in [-0.39, 0.29) is 11.5 Å². The number of hydrogen-bond acceptors (Lipinski definition) is 3. The first-order valence-electron chi connectivity index (χ1n) is 6.86. The highest BCUT2D eigenvalue weighted by atomic mass is 32.1. The van der Waals surface area contributed by atoms with Crippen LogP contribution in [0.2, 0.25) is 0 Å². The molecule has 2 nitrogen and oxygen atoms in total. The summed E-state index contributed by atoms with van der Waals surface area (Å²) < 4.78 is 1.35. The molecule has 1 aromatic heterocycles. The Hall–Kier alpha value is -0.930. The van der Waals surface area contributed by atoms with Crippen molar-refractivity contribution in [1.82, 2.24) is 4.98 Å². The van der Waals surface area contributed by atoms with Gasteiger partial charge in [-0.05, 0) is 50.3 Å². The topological polar surface area (TPSA) is 38.9 Å². The minimum atomic E-state index is 0.255. The first kappa shape index (κ1) is 10.9. The molecule has 2 saturated carbocycles. The summed E-state index contributed by atoms with van der Waals surface area (Å²) in [5.74, 6) is 0.758. The van der Waals surface area contributed by atoms with E-state index in [0.29, 0.717) is 0 Å². The molecule has 3 heteroatoms. The average molecular weight is 258 g/mol. The molecular formula is C15H18N2S. The van der Waals surface area contributed by atoms with E-state index in [0.717, 1.165) is 5.92 Å². The molecule has 0 amide bonds. The SMILES string of the molecule is CC(N)C1(c2ccc3nc(C4CC4)sc3c2)CC1. The fourth-order valence-corrected chi connectivity index (χ4v) is 4.07. The van der Waals surface area contributed by atoms with Crippen molar-refractivity contribution in [2.45, 2.75) is 50.0 Å². The van der Waals surface area contributed by atoms with Gasteiger partial charge in [-0.1, -0.05) is 6.07 Å². The molecule has 2 aliphatic carbocycles. The second-order valence-corrected chi connectivity index (χ2v) is 7.02. The van der Waals surface area contributed by atoms with Gasteiger partial charge >= 0.3 is 0 Å². The second-order valence-electron chi connectivity index (χ2n) is 5.95. The van der Waals surface area contributed by atoms with Crippen LogP contribution in [0.5, 0.6) is 0 Å². The van der Waals surface area contributed by atoms with Gasteiger partial charge in [-0.25, -0.2) is 4.98 Å². The van der Waals surface area contributed by atoms with Crippen molar-refractivity contribution in [3.63, 3.8) is 0 Å². The molecule has 1 aromatic carbocycles. The smallest absolute Gasteiger partial charge is 0.0969 e. The maximum atomic E-state index is 6.16. The number of benzene rings is 1. The largest absolute Gasteiger partial charge is 0.327 e. The summed E-state index contributed by atoms with van der Waals surface area (Å²) in [5, 5.41) is 1.34. The van der Waals surface area contributed by atoms with Crippen LogP contribution in [0.3, 0.4) is 0 Å². The van der Waals surface area contributed by atoms with Gasteiger partial charge < -0.3 is 5.73 Å². The lowest BCUT2D eigenvalue weighted by Gasteiger charge is -2.19. The van der Waals surface area contributed by atoms with E-state index in [1.807, 2.05) is 11.3 Å². The second kappa shape index (κ2) is 3.55. The van der Waals surface area contributed by atoms with Gasteiger partial charge in [-0.2, -0.15) is 0 Å². The molecular weight excluding hydrogens is 240 g/mol. The van der Waals surface area contributed by atoms with Crippen molar-refractivity contribution in [1.29, 1.82) is 0 Å². The van der Waals surface area contributed by atoms with Gasteiger partial charge in [0.15, 0.2) is 0 Å². The summed E-state index contributed by atoms with van der Waals surface area (Å²) in [5.41, 5.74) is 9.02. The molecule has 2 fully saturated rings. The fraction of sp³-hybridized carbons (Fsp3) is 0.533. The molecule has 0 radical (unpaired) electrons. The van der Waals surface area contributed by atoms with Crippen LogP contribution in [0.4, 0.5) is 0 Å². The van der Waals surface area contributed by atoms with E-state index in [9.17, 15) is 0 Å². The fourth-order valence-electron chi connectivity index (χ4n) is 2.90. The van der Waals surface area contributed by atoms with E-state index in [2.05, 4.69) is 25.1 Å². The lowest BCUT2D eigenvalue weighted by atomic mass is 9.89. The summed E-state index contributed by atoms with van der Waals surface area (Å²) in [6, 6.07) is 7.03. The molecule has 1 atom stereocenters. The van der Waals surface area contributed by atoms with Crippen molar-refractivity contribution < 1.29 is 0 Å². The van der Waals surface area contributed by atoms with E-state index >= 15 is 0 Å². The van der Waals surface area contributed by atoms with Crippen LogP contribution in [-0.4, -0.2) is 11.0 Å². The van der Waals surface area contributed by atoms with Crippen LogP contribution in [-0.2, 0) is 5.41 Å². The van der Waals surface area contributed by atoms with Crippen LogP contribution in [0.1, 0.15) is 49.1 Å². The zero-order valence-corrected chi connectivity index (χ0v) is 11.5. The minimum absolute atomic E-state index is 0.255. The molecule has 2 aromatic rings. The Morgan fingerprint density at radius 2 is 2.17 bits per heavy atom. The number of nitrogens with two attached hydrogens (primary N) is 1. The van der Waals surface area contributed by atoms with E-state index in [1.165, 1.54) is 46.5 Å². The Balaban J connectivity index is 1.79. The van der Waals surface area contributed by atoms with Crippen LogP contribution >= 0.6 is 11.3 Å². The number of fused-ring (bicyclic) bond motifs is 1. The lowest BCUT2D eigenvalue weighted by molar-refractivity contribution is 0.557. The molecule has 0 saturated heterocycles. The van der Waals surface area contributed by atoms with Gasteiger partial charge in [0, 0.05) is 17.4 Å². The standard InChI is InChI=1S/C15H18N2S/c1-9(16)15(6-7-15)11-4-5-12-13(8-11)18-14(17-12)10-2-3-10/h4-5,8-10H,2-3,6-7,16H2,1H3. The van der Waals surface area contributed by atoms with Crippen LogP contribution in [0, 0.1) is 0 Å². The Bertz CT molecular complexity index is 606. The highest BCUT2D eigenvalue weighted by molar-refractivity contribution is 7.18. The van der Waals surface area contributed by atoms with Gasteiger partial charge in [0.25, 0.3) is 0 Å². The summed E-state index contributed by atoms with van der Waals surface area (Å²) in [7, 11) is 0. The predicted octanol–water partition coefficient (Wildman–Crippen LogP) is 3.55. The zero-order chi connectivity index (χ0) is 12.3. The lowest BCUT2D eigenvalue weighted by Crippen LogP contribution is -2.31. The zero-order valence-electron chi connectivity index (χ0n) is 10.6. The van der Waals surface area contributed by atoms with Crippen molar-refractivity contribution in [2.75, 3.05) is 0 Å². The summed E-state index contributed by atoms with van der Waals surface area (Å²) >= 11 is 1.89. The Kier molecular flexibility index (Phi) is 2.16. The summed E-state index contributed by atoms with van der Waals surface area (Å²) in [6.07, 6.45) is 5.14. The number of thiazole rings is 1. The maximum absolute atomic E-state index is 6.16. The van der Waals surface area contributed by atoms with E-state index in [4.69, 9.17) is 10.7 Å². The molecule has 2 N–H and O–H groups in total. The minimum Gasteiger partial charge on any atom is -0.327 e. The molecule has 4 rings (SSSR count). The molecule has 18 heavy (non-hydrogen) atoms. The summed E-state index contributed by atoms with van der Waals surface area (Å²) in [4.78, 5) is 4.75. The third kappa shape index (κ3) is 1.54. The highest BCUT2D eigenvalue weighted by Crippen LogP contribution is 2.51. The number of rotatable bonds is 3. The third-order valence-corrected chi connectivity index (χ3v) is 5.75. The molecule has 2 aliphatic rings. The Labute approximate surface area is 111 Å². The Morgan fingerprint density at radius 3 is 2.78 bits per heavy atom. The van der Waals surface area contributed by atoms with Crippen LogP contribution in [0.25, 0.3) is 10.2 Å². The normalized spacial score (nSPS) is 23.2. The van der Waals surface area contributed by atoms with Crippen LogP contribution < -0.4 is 5.73 Å². The molecule has 0 spiro atoms. The molecule has 1 unspecified atom stereocenters. The molecule has 0 bridgehead atoms. The molecule has 1 heterocycles. The summed E-state index contributed by atoms with van der Waals surface area (Å²) in [6.45, 7) is 2.14. The monoisotopic (exact) mass is 258 g/mol. The number of nitrogens with zero attached hydrogens (tertiary/aromatic N) is 1. The van der Waals surface area contributed by atoms with Gasteiger partial charge in [-0.3, -0.25) is 0 Å². The first-order chi connectivity index (χ1) is 8.69. The van der Waals surface area contributed by atoms with Gasteiger partial charge in [0.2, 0.25) is 0 Å². The maximum Gasteiger partial charge on any atom is 0.0969 e. The number of hydrogen-bond donors (Lipinski definition) is 1. The highest BCUT2D eigenvalue weighted by Gasteiger charge is 2.47. The molecule has 0 aliphatic heterocycles. The third-order valence-electron chi connectivity index (χ3n) is 4.57. The van der Waals surface area contributed by atoms with Gasteiger partial charge in [-0.15, -0.1) is 11.3 Å². The van der Waals surface area contributed by atoms with Gasteiger partial charge in [0.1, 0.15) is 0 Å². The van der Waals surface area contributed by atoms with Crippen molar-refractivity contribution in [3.8, 4) is 0 Å². The van der Waals surface area contributed by atoms with Crippen LogP contribution in [0.15, 0.2) is 18.2 Å². The van der Waals surface area contributed by atoms with Crippen molar-refractivity contribution >= 4 is 21.6 Å². The Morgan fingerprint density at radius 1 is 1.39 bits per heavy atom. The number of aromatic nitrogens is 1. The van der Waals surface area contributed by atoms with E-state index in [1.54, 1.807) is 0 Å². The predicted molar refractivity (Wildman–Crippen MR) is 76.2 cm³/mol. The van der Waals surface area contributed by atoms with E-state index < -0.39 is 0 Å². The first-order valence-corrected chi connectivity index (χ1v) is 7.67. The molecule has 94 valence electrons. The van der Waals surface area contributed by atoms with Crippen molar-refractivity contribution in [2.24, 2.45) is 5.73 Å².